The largest absolute Gasteiger partial charge is 0.256 e. The van der Waals surface area contributed by atoms with Gasteiger partial charge in [0, 0.05) is 33.1 Å². The minimum Gasteiger partial charge on any atom is -0.256 e. The fourth-order valence-electron chi connectivity index (χ4n) is 3.35. The molecule has 0 aliphatic rings. The number of hydrogen-bond donors (Lipinski definition) is 0. The molecule has 0 aliphatic heterocycles. The highest BCUT2D eigenvalue weighted by Gasteiger charge is 2.21. The first-order valence-corrected chi connectivity index (χ1v) is 12.4. The van der Waals surface area contributed by atoms with Gasteiger partial charge < -0.3 is 0 Å². The molecule has 0 fully saturated rings. The van der Waals surface area contributed by atoms with E-state index in [1.54, 1.807) is 18.3 Å². The van der Waals surface area contributed by atoms with E-state index in [2.05, 4.69) is 4.98 Å². The molecule has 0 saturated carbocycles. The van der Waals surface area contributed by atoms with E-state index in [1.807, 2.05) is 30.3 Å². The van der Waals surface area contributed by atoms with Crippen LogP contribution < -0.4 is 0 Å². The van der Waals surface area contributed by atoms with E-state index in [-0.39, 0.29) is 15.7 Å². The summed E-state index contributed by atoms with van der Waals surface area (Å²) in [6.07, 6.45) is 2.27. The number of nitrogens with zero attached hydrogens (tertiary/aromatic N) is 1. The Kier molecular flexibility index (Phi) is 6.47. The highest BCUT2D eigenvalue weighted by atomic mass is 35.5. The average molecular weight is 511 g/mol. The molecule has 0 N–H and O–H groups in total. The van der Waals surface area contributed by atoms with Crippen molar-refractivity contribution >= 4 is 67.1 Å². The van der Waals surface area contributed by atoms with Gasteiger partial charge in [-0.1, -0.05) is 64.6 Å². The molecule has 0 spiro atoms. The molecule has 1 aromatic heterocycles. The van der Waals surface area contributed by atoms with Crippen molar-refractivity contribution in [3.05, 3.63) is 104 Å². The Hall–Kier alpha value is -1.82. The number of rotatable bonds is 5. The summed E-state index contributed by atoms with van der Waals surface area (Å²) in [5.74, 6) is -0.286. The maximum atomic E-state index is 12.8. The maximum absolute atomic E-state index is 12.8. The smallest absolute Gasteiger partial charge is 0.183 e. The van der Waals surface area contributed by atoms with Gasteiger partial charge in [0.1, 0.15) is 0 Å². The molecule has 0 radical (unpaired) electrons. The highest BCUT2D eigenvalue weighted by molar-refractivity contribution is 7.90. The third kappa shape index (κ3) is 5.00. The molecule has 4 rings (SSSR count). The lowest BCUT2D eigenvalue weighted by Gasteiger charge is -2.12. The summed E-state index contributed by atoms with van der Waals surface area (Å²) < 4.78 is 25.7. The van der Waals surface area contributed by atoms with Crippen LogP contribution in [0.1, 0.15) is 16.7 Å². The normalized spacial score (nSPS) is 11.7. The van der Waals surface area contributed by atoms with Crippen LogP contribution in [0.3, 0.4) is 0 Å². The third-order valence-corrected chi connectivity index (χ3v) is 7.89. The van der Waals surface area contributed by atoms with Crippen molar-refractivity contribution < 1.29 is 8.42 Å². The summed E-state index contributed by atoms with van der Waals surface area (Å²) in [5, 5.41) is 2.25. The van der Waals surface area contributed by atoms with E-state index in [1.165, 1.54) is 18.2 Å². The monoisotopic (exact) mass is 509 g/mol. The molecule has 8 heteroatoms. The predicted molar refractivity (Wildman–Crippen MR) is 128 cm³/mol. The second-order valence-corrected chi connectivity index (χ2v) is 10.7. The Morgan fingerprint density at radius 1 is 0.774 bits per heavy atom. The van der Waals surface area contributed by atoms with Crippen LogP contribution in [0, 0.1) is 0 Å². The minimum atomic E-state index is -3.71. The van der Waals surface area contributed by atoms with Crippen LogP contribution in [-0.2, 0) is 22.0 Å². The molecule has 0 bridgehead atoms. The summed E-state index contributed by atoms with van der Waals surface area (Å²) >= 11 is 24.9. The van der Waals surface area contributed by atoms with Crippen LogP contribution in [0.5, 0.6) is 0 Å². The second kappa shape index (κ2) is 8.97. The van der Waals surface area contributed by atoms with Gasteiger partial charge in [-0.05, 0) is 59.2 Å². The second-order valence-electron chi connectivity index (χ2n) is 7.08. The van der Waals surface area contributed by atoms with Crippen molar-refractivity contribution in [2.75, 3.05) is 0 Å². The van der Waals surface area contributed by atoms with Crippen molar-refractivity contribution in [1.29, 1.82) is 0 Å². The van der Waals surface area contributed by atoms with Crippen molar-refractivity contribution in [1.82, 2.24) is 4.98 Å². The lowest BCUT2D eigenvalue weighted by atomic mass is 10.0. The summed E-state index contributed by atoms with van der Waals surface area (Å²) in [6.45, 7) is 0. The van der Waals surface area contributed by atoms with Gasteiger partial charge in [-0.25, -0.2) is 8.42 Å². The van der Waals surface area contributed by atoms with Crippen LogP contribution in [0.2, 0.25) is 20.1 Å². The first-order chi connectivity index (χ1) is 14.7. The molecule has 158 valence electrons. The van der Waals surface area contributed by atoms with Crippen molar-refractivity contribution in [3.8, 4) is 0 Å². The summed E-state index contributed by atoms with van der Waals surface area (Å²) in [4.78, 5) is 4.47. The van der Waals surface area contributed by atoms with E-state index in [4.69, 9.17) is 46.4 Å². The lowest BCUT2D eigenvalue weighted by molar-refractivity contribution is 0.595. The van der Waals surface area contributed by atoms with E-state index < -0.39 is 9.84 Å². The van der Waals surface area contributed by atoms with Gasteiger partial charge in [0.15, 0.2) is 9.84 Å². The fraction of sp³-hybridized carbons (Fsp3) is 0.0870. The number of fused-ring (bicyclic) bond motifs is 1. The van der Waals surface area contributed by atoms with Gasteiger partial charge in [0.2, 0.25) is 0 Å². The van der Waals surface area contributed by atoms with Crippen LogP contribution in [0.25, 0.3) is 10.9 Å². The van der Waals surface area contributed by atoms with Crippen LogP contribution in [-0.4, -0.2) is 13.4 Å². The first-order valence-electron chi connectivity index (χ1n) is 9.21. The van der Waals surface area contributed by atoms with Crippen LogP contribution in [0.15, 0.2) is 71.8 Å². The SMILES string of the molecule is O=S(=O)(Cc1cc(Cl)c(Cc2cnc3ccccc3c2)c(Cl)c1)c1ccc(Cl)cc1Cl. The highest BCUT2D eigenvalue weighted by Crippen LogP contribution is 2.32. The van der Waals surface area contributed by atoms with E-state index in [9.17, 15) is 8.42 Å². The van der Waals surface area contributed by atoms with Gasteiger partial charge in [-0.15, -0.1) is 0 Å². The molecular formula is C23H15Cl4NO2S. The Morgan fingerprint density at radius 2 is 1.48 bits per heavy atom. The number of halogens is 4. The summed E-state index contributed by atoms with van der Waals surface area (Å²) in [6, 6.07) is 17.4. The molecule has 0 saturated heterocycles. The predicted octanol–water partition coefficient (Wildman–Crippen LogP) is 7.41. The van der Waals surface area contributed by atoms with Crippen molar-refractivity contribution in [3.63, 3.8) is 0 Å². The number of aromatic nitrogens is 1. The quantitative estimate of drug-likeness (QED) is 0.280. The van der Waals surface area contributed by atoms with Gasteiger partial charge >= 0.3 is 0 Å². The van der Waals surface area contributed by atoms with E-state index in [0.717, 1.165) is 16.5 Å². The molecule has 0 unspecified atom stereocenters. The zero-order valence-electron chi connectivity index (χ0n) is 15.9. The van der Waals surface area contributed by atoms with Crippen LogP contribution in [0.4, 0.5) is 0 Å². The maximum Gasteiger partial charge on any atom is 0.183 e. The van der Waals surface area contributed by atoms with Crippen molar-refractivity contribution in [2.45, 2.75) is 17.1 Å². The lowest BCUT2D eigenvalue weighted by Crippen LogP contribution is -2.06. The number of para-hydroxylation sites is 1. The topological polar surface area (TPSA) is 47.0 Å². The fourth-order valence-corrected chi connectivity index (χ4v) is 6.17. The molecule has 4 aromatic rings. The molecule has 0 amide bonds. The molecule has 3 aromatic carbocycles. The Morgan fingerprint density at radius 3 is 2.19 bits per heavy atom. The zero-order chi connectivity index (χ0) is 22.2. The summed E-state index contributed by atoms with van der Waals surface area (Å²) in [5.41, 5.74) is 3.05. The number of hydrogen-bond acceptors (Lipinski definition) is 3. The number of benzene rings is 3. The molecular weight excluding hydrogens is 496 g/mol. The van der Waals surface area contributed by atoms with E-state index in [0.29, 0.717) is 32.6 Å². The van der Waals surface area contributed by atoms with Crippen molar-refractivity contribution in [2.24, 2.45) is 0 Å². The summed E-state index contributed by atoms with van der Waals surface area (Å²) in [7, 11) is -3.71. The molecule has 3 nitrogen and oxygen atoms in total. The third-order valence-electron chi connectivity index (χ3n) is 4.81. The average Bonchev–Trinajstić information content (AvgIpc) is 2.70. The first kappa shape index (κ1) is 22.4. The van der Waals surface area contributed by atoms with Gasteiger partial charge in [0.25, 0.3) is 0 Å². The van der Waals surface area contributed by atoms with Gasteiger partial charge in [0.05, 0.1) is 21.2 Å². The molecule has 0 aliphatic carbocycles. The van der Waals surface area contributed by atoms with Crippen LogP contribution >= 0.6 is 46.4 Å². The number of pyridine rings is 1. The van der Waals surface area contributed by atoms with Gasteiger partial charge in [-0.3, -0.25) is 4.98 Å². The number of sulfone groups is 1. The molecule has 0 atom stereocenters. The zero-order valence-corrected chi connectivity index (χ0v) is 19.8. The Balaban J connectivity index is 1.62. The molecule has 1 heterocycles. The standard InChI is InChI=1S/C23H15Cl4NO2S/c24-17-5-6-23(21(27)11-17)31(29,30)13-15-9-19(25)18(20(26)10-15)8-14-7-16-3-1-2-4-22(16)28-12-14/h1-7,9-12H,8,13H2. The molecule has 31 heavy (non-hydrogen) atoms. The van der Waals surface area contributed by atoms with E-state index >= 15 is 0 Å². The minimum absolute atomic E-state index is 0.0112. The van der Waals surface area contributed by atoms with Gasteiger partial charge in [-0.2, -0.15) is 0 Å². The Bertz CT molecular complexity index is 1380. The Labute approximate surface area is 200 Å².